The van der Waals surface area contributed by atoms with Gasteiger partial charge in [-0.15, -0.1) is 0 Å². The molecule has 0 fully saturated rings. The van der Waals surface area contributed by atoms with E-state index in [0.717, 1.165) is 0 Å². The summed E-state index contributed by atoms with van der Waals surface area (Å²) in [4.78, 5) is 274. The maximum absolute atomic E-state index is 15.6. The predicted octanol–water partition coefficient (Wildman–Crippen LogP) is 1.34. The lowest BCUT2D eigenvalue weighted by atomic mass is 9.90. The average molecular weight is 2090 g/mol. The van der Waals surface area contributed by atoms with Crippen LogP contribution in [-0.2, 0) is 115 Å². The summed E-state index contributed by atoms with van der Waals surface area (Å²) in [5, 5.41) is 71.8. The van der Waals surface area contributed by atoms with Crippen LogP contribution in [0.4, 0.5) is 0 Å². The van der Waals surface area contributed by atoms with Gasteiger partial charge in [-0.3, -0.25) is 117 Å². The highest BCUT2D eigenvalue weighted by Gasteiger charge is 2.43. The van der Waals surface area contributed by atoms with Crippen LogP contribution in [0.3, 0.4) is 0 Å². The normalized spacial score (nSPS) is 15.3. The number of nitrogens with one attached hydrogen (secondary N) is 17. The zero-order valence-electron chi connectivity index (χ0n) is 89.2. The number of hydrogen-bond donors (Lipinski definition) is 23. The molecule has 0 aliphatic rings. The standard InChI is InChI=1S/C106H164N20O23/c1-61(2)49-82(99(109)144)120-100(145)79(40-42-93(107)138)117-60-116-66(8)87(132)54-88(133)80(53-74-55-115-77-35-29-28-34-76(74)77)125-126-81(51-73-36-38-75(129)39-37-73)97(142)96(141)78(41-43-94(139)140)122-104(149)106(16,124-102(147)84(52-72-32-26-24-27-33-72)121-103(148)95(70(12)127)123-101(146)83(50-62(3)4)119-71(13)128)46-30-23-21-19-17-18-20-22-25-31-63(5)89(134)56-112-65(7)86(131)45-47-110-64(6)85(130)44-48-111-67(9)91(136)58-118-105(14,15)92(137)59-114-68(10)90(135)57-113-69(11)98(108)143/h18,20,24,26-29,32-39,55,61-70,78-84,95,110-118,125-127,129H,17,19,21-23,25,30-31,40-54,56-60H2,1-16H3,(H2,107,138)(H2,108,143)(H2,109,144)(H,119,128)(H,120,145)(H,121,148)(H,122,149)(H,123,146)(H,124,147)(H,139,140)/b20-18+/t63-,64+,65+,66+,67+,68+,69-,70-,78+,79+,80+,81+,82+,83+,84+,95+,106-/m1/s1. The number of carboxylic acid groups (broad SMARTS) is 1. The molecule has 0 bridgehead atoms. The van der Waals surface area contributed by atoms with Gasteiger partial charge in [0.1, 0.15) is 41.2 Å². The van der Waals surface area contributed by atoms with Gasteiger partial charge in [0, 0.05) is 81.8 Å². The van der Waals surface area contributed by atoms with Crippen LogP contribution in [-0.4, -0.2) is 285 Å². The number of allylic oxidation sites excluding steroid dienone is 2. The van der Waals surface area contributed by atoms with Crippen molar-refractivity contribution in [2.24, 2.45) is 35.0 Å². The molecule has 3 aromatic carbocycles. The topological polar surface area (TPSA) is 688 Å². The molecule has 1 aromatic heterocycles. The van der Waals surface area contributed by atoms with E-state index in [4.69, 9.17) is 17.2 Å². The summed E-state index contributed by atoms with van der Waals surface area (Å²) in [6, 6.07) is 5.03. The third kappa shape index (κ3) is 48.5. The van der Waals surface area contributed by atoms with Crippen molar-refractivity contribution < 1.29 is 111 Å². The number of hydrogen-bond acceptors (Lipinski definition) is 32. The van der Waals surface area contributed by atoms with E-state index in [0.29, 0.717) is 72.5 Å². The highest BCUT2D eigenvalue weighted by molar-refractivity contribution is 6.41. The van der Waals surface area contributed by atoms with Crippen molar-refractivity contribution in [2.45, 2.75) is 347 Å². The summed E-state index contributed by atoms with van der Waals surface area (Å²) in [5.74, 6) is -14.5. The number of H-pyrrole nitrogens is 1. The van der Waals surface area contributed by atoms with Crippen molar-refractivity contribution in [1.82, 2.24) is 90.3 Å². The second-order valence-corrected chi connectivity index (χ2v) is 40.3. The number of benzene rings is 3. The van der Waals surface area contributed by atoms with Gasteiger partial charge in [0.05, 0.1) is 105 Å². The molecule has 0 radical (unpaired) electrons. The monoisotopic (exact) mass is 2090 g/mol. The summed E-state index contributed by atoms with van der Waals surface area (Å²) in [7, 11) is 0. The fraction of sp³-hybridized carbons (Fsp3) is 0.604. The molecule has 9 amide bonds. The molecule has 149 heavy (non-hydrogen) atoms. The Morgan fingerprint density at radius 3 is 1.55 bits per heavy atom. The quantitative estimate of drug-likeness (QED) is 0.00740. The van der Waals surface area contributed by atoms with Crippen LogP contribution in [0.25, 0.3) is 10.9 Å². The van der Waals surface area contributed by atoms with E-state index in [1.165, 1.54) is 58.9 Å². The van der Waals surface area contributed by atoms with Crippen LogP contribution in [0, 0.1) is 17.8 Å². The van der Waals surface area contributed by atoms with Gasteiger partial charge < -0.3 is 90.7 Å². The SMILES string of the molecule is CC(=O)N[C@@H](CC(C)C)C(=O)N[C@H](C(=O)N[C@@H](Cc1ccccc1)C(=O)N[C@](C)(CCCCCC/C=C/CCC[C@@H](C)C(=O)CN[C@@H](C)C(=O)CCN[C@@H](C)C(=O)CCN[C@@H](C)C(=O)CNC(C)(C)C(=O)CN[C@@H](C)C(=O)CN[C@H](C)C(N)=O)C(=O)N[C@@H](CCC(=O)O)C(=O)C(=O)[C@H](Cc1ccc(O)cc1)NN[C@@H](Cc1c[nH]c2ccccc12)C(=O)CC(=O)[C@H](C)NCN[C@@H](CCC(N)=O)C(=O)N[C@@H](CC(C)C)C(N)=O)[C@@H](C)O. The van der Waals surface area contributed by atoms with Crippen molar-refractivity contribution in [2.75, 3.05) is 45.9 Å². The highest BCUT2D eigenvalue weighted by Crippen LogP contribution is 2.24. The minimum atomic E-state index is -2.08. The Labute approximate surface area is 873 Å². The molecule has 17 atom stereocenters. The first-order valence-corrected chi connectivity index (χ1v) is 51.4. The van der Waals surface area contributed by atoms with E-state index < -0.39 is 203 Å². The minimum Gasteiger partial charge on any atom is -0.508 e. The van der Waals surface area contributed by atoms with E-state index in [9.17, 15) is 92.0 Å². The highest BCUT2D eigenvalue weighted by atomic mass is 16.4. The van der Waals surface area contributed by atoms with Gasteiger partial charge in [-0.1, -0.05) is 127 Å². The maximum Gasteiger partial charge on any atom is 0.303 e. The van der Waals surface area contributed by atoms with Crippen molar-refractivity contribution >= 4 is 128 Å². The molecule has 0 spiro atoms. The molecule has 0 aliphatic heterocycles. The number of aliphatic hydroxyl groups excluding tert-OH is 1. The molecule has 4 rings (SSSR count). The number of rotatable bonds is 81. The smallest absolute Gasteiger partial charge is 0.303 e. The fourth-order valence-corrected chi connectivity index (χ4v) is 16.0. The largest absolute Gasteiger partial charge is 0.508 e. The van der Waals surface area contributed by atoms with Gasteiger partial charge in [0.25, 0.3) is 0 Å². The summed E-state index contributed by atoms with van der Waals surface area (Å²) in [5.41, 5.74) is 21.0. The lowest BCUT2D eigenvalue weighted by Crippen LogP contribution is -2.65. The Bertz CT molecular complexity index is 5150. The Balaban J connectivity index is 1.51. The van der Waals surface area contributed by atoms with Crippen LogP contribution in [0.2, 0.25) is 0 Å². The first-order valence-electron chi connectivity index (χ1n) is 51.4. The number of phenolic OH excluding ortho intramolecular Hbond substituents is 1. The Morgan fingerprint density at radius 1 is 0.430 bits per heavy atom. The van der Waals surface area contributed by atoms with E-state index >= 15 is 19.2 Å². The van der Waals surface area contributed by atoms with Crippen molar-refractivity contribution in [1.29, 1.82) is 0 Å². The van der Waals surface area contributed by atoms with Gasteiger partial charge in [-0.2, -0.15) is 0 Å². The number of aliphatic hydroxyl groups is 1. The third-order valence-corrected chi connectivity index (χ3v) is 26.0. The number of hydrazine groups is 1. The third-order valence-electron chi connectivity index (χ3n) is 26.0. The van der Waals surface area contributed by atoms with Crippen molar-refractivity contribution in [3.8, 4) is 5.75 Å². The van der Waals surface area contributed by atoms with E-state index in [-0.39, 0.29) is 175 Å². The van der Waals surface area contributed by atoms with Gasteiger partial charge in [-0.05, 0) is 193 Å². The number of carbonyl (C=O) groups excluding carboxylic acids is 19. The number of nitrogens with two attached hydrogens (primary N) is 3. The number of unbranched alkanes of at least 4 members (excludes halogenated alkanes) is 5. The predicted molar refractivity (Wildman–Crippen MR) is 562 cm³/mol. The first kappa shape index (κ1) is 129. The molecule has 43 heteroatoms. The number of phenols is 1. The molecule has 0 aliphatic carbocycles. The van der Waals surface area contributed by atoms with Gasteiger partial charge in [0.2, 0.25) is 64.7 Å². The molecule has 826 valence electrons. The van der Waals surface area contributed by atoms with Crippen LogP contribution in [0.15, 0.2) is 97.2 Å². The van der Waals surface area contributed by atoms with Crippen LogP contribution in [0.1, 0.15) is 243 Å². The molecule has 0 saturated heterocycles. The van der Waals surface area contributed by atoms with Crippen molar-refractivity contribution in [3.63, 3.8) is 0 Å². The number of aromatic hydroxyl groups is 1. The molecule has 1 heterocycles. The number of para-hydroxylation sites is 1. The number of fused-ring (bicyclic) bond motifs is 1. The zero-order chi connectivity index (χ0) is 112. The van der Waals surface area contributed by atoms with Crippen molar-refractivity contribution in [3.05, 3.63) is 114 Å². The van der Waals surface area contributed by atoms with E-state index in [2.05, 4.69) is 90.3 Å². The van der Waals surface area contributed by atoms with E-state index in [1.54, 1.807) is 102 Å². The summed E-state index contributed by atoms with van der Waals surface area (Å²) >= 11 is 0. The number of Topliss-reactive ketones (excluding diaryl/α,β-unsaturated/α-hetero) is 10. The number of amides is 9. The number of primary amides is 3. The molecule has 4 aromatic rings. The second kappa shape index (κ2) is 66.3. The summed E-state index contributed by atoms with van der Waals surface area (Å²) in [6.45, 7) is 25.4. The Hall–Kier alpha value is -12.3. The van der Waals surface area contributed by atoms with Gasteiger partial charge in [-0.25, -0.2) is 10.9 Å². The Morgan fingerprint density at radius 2 is 0.946 bits per heavy atom. The summed E-state index contributed by atoms with van der Waals surface area (Å²) < 4.78 is 0. The number of carboxylic acids is 1. The summed E-state index contributed by atoms with van der Waals surface area (Å²) in [6.07, 6.45) is 5.47. The second-order valence-electron chi connectivity index (χ2n) is 40.3. The van der Waals surface area contributed by atoms with Crippen LogP contribution < -0.4 is 102 Å². The number of aromatic amines is 1. The first-order chi connectivity index (χ1) is 70.1. The van der Waals surface area contributed by atoms with Crippen LogP contribution in [0.5, 0.6) is 5.75 Å². The van der Waals surface area contributed by atoms with Gasteiger partial charge >= 0.3 is 5.97 Å². The number of carbonyl (C=O) groups is 20. The Kier molecular flexibility index (Phi) is 57.4. The lowest BCUT2D eigenvalue weighted by molar-refractivity contribution is -0.143. The van der Waals surface area contributed by atoms with E-state index in [1.807, 2.05) is 46.8 Å². The molecule has 0 saturated carbocycles. The zero-order valence-corrected chi connectivity index (χ0v) is 89.2. The molecular weight excluding hydrogens is 1920 g/mol. The molecule has 26 N–H and O–H groups in total. The van der Waals surface area contributed by atoms with Crippen LogP contribution >= 0.6 is 0 Å². The minimum absolute atomic E-state index is 0.0372. The maximum atomic E-state index is 15.6. The molecular formula is C106H164N20O23. The van der Waals surface area contributed by atoms with Gasteiger partial charge in [0.15, 0.2) is 40.5 Å². The number of aliphatic carboxylic acids is 1. The molecule has 43 nitrogen and oxygen atoms in total. The lowest BCUT2D eigenvalue weighted by Gasteiger charge is -2.34. The number of ketones is 10. The fourth-order valence-electron chi connectivity index (χ4n) is 16.0. The molecule has 0 unspecified atom stereocenters. The number of aromatic nitrogens is 1. The average Bonchev–Trinajstić information content (AvgIpc) is 1.43.